The molecule has 0 unspecified atom stereocenters. The van der Waals surface area contributed by atoms with Crippen molar-refractivity contribution in [3.05, 3.63) is 59.2 Å². The summed E-state index contributed by atoms with van der Waals surface area (Å²) in [6, 6.07) is 12.5. The summed E-state index contributed by atoms with van der Waals surface area (Å²) in [5.41, 5.74) is 3.24. The lowest BCUT2D eigenvalue weighted by molar-refractivity contribution is -0.115. The van der Waals surface area contributed by atoms with E-state index in [2.05, 4.69) is 10.6 Å². The summed E-state index contributed by atoms with van der Waals surface area (Å²) in [5.74, 6) is 0.114. The Kier molecular flexibility index (Phi) is 5.36. The third kappa shape index (κ3) is 4.32. The van der Waals surface area contributed by atoms with Gasteiger partial charge < -0.3 is 15.4 Å². The minimum Gasteiger partial charge on any atom is -0.497 e. The fourth-order valence-corrected chi connectivity index (χ4v) is 2.20. The zero-order valence-corrected chi connectivity index (χ0v) is 13.5. The Morgan fingerprint density at radius 1 is 1.00 bits per heavy atom. The zero-order valence-electron chi connectivity index (χ0n) is 13.5. The van der Waals surface area contributed by atoms with Crippen LogP contribution in [-0.2, 0) is 4.79 Å². The lowest BCUT2D eigenvalue weighted by Crippen LogP contribution is -2.33. The van der Waals surface area contributed by atoms with Gasteiger partial charge in [0, 0.05) is 11.3 Å². The number of anilines is 1. The Balaban J connectivity index is 1.92. The van der Waals surface area contributed by atoms with E-state index in [9.17, 15) is 9.59 Å². The van der Waals surface area contributed by atoms with E-state index in [1.165, 1.54) is 0 Å². The number of carbonyl (C=O) groups is 2. The normalized spacial score (nSPS) is 10.0. The Hall–Kier alpha value is -2.82. The molecule has 2 N–H and O–H groups in total. The molecular formula is C18H20N2O3. The topological polar surface area (TPSA) is 67.4 Å². The average Bonchev–Trinajstić information content (AvgIpc) is 2.56. The Bertz CT molecular complexity index is 688. The number of methoxy groups -OCH3 is 1. The highest BCUT2D eigenvalue weighted by Crippen LogP contribution is 2.19. The minimum absolute atomic E-state index is 0.0847. The van der Waals surface area contributed by atoms with Gasteiger partial charge in [0.1, 0.15) is 5.75 Å². The van der Waals surface area contributed by atoms with E-state index in [0.717, 1.165) is 16.8 Å². The van der Waals surface area contributed by atoms with E-state index in [4.69, 9.17) is 4.74 Å². The molecule has 2 amide bonds. The maximum Gasteiger partial charge on any atom is 0.251 e. The van der Waals surface area contributed by atoms with Gasteiger partial charge in [0.2, 0.25) is 5.91 Å². The number of benzene rings is 2. The summed E-state index contributed by atoms with van der Waals surface area (Å²) in [6.45, 7) is 3.77. The van der Waals surface area contributed by atoms with Gasteiger partial charge in [0.25, 0.3) is 5.91 Å². The van der Waals surface area contributed by atoms with Crippen LogP contribution in [0.5, 0.6) is 5.75 Å². The number of rotatable bonds is 5. The number of nitrogens with one attached hydrogen (secondary N) is 2. The molecule has 0 bridgehead atoms. The van der Waals surface area contributed by atoms with Gasteiger partial charge in [-0.15, -0.1) is 0 Å². The molecule has 0 saturated carbocycles. The number of amides is 2. The number of para-hydroxylation sites is 1. The highest BCUT2D eigenvalue weighted by molar-refractivity contribution is 5.99. The summed E-state index contributed by atoms with van der Waals surface area (Å²) in [4.78, 5) is 24.0. The molecule has 0 aliphatic rings. The third-order valence-corrected chi connectivity index (χ3v) is 3.51. The van der Waals surface area contributed by atoms with Crippen LogP contribution >= 0.6 is 0 Å². The van der Waals surface area contributed by atoms with Gasteiger partial charge in [-0.05, 0) is 49.2 Å². The summed E-state index contributed by atoms with van der Waals surface area (Å²) in [5, 5.41) is 5.43. The SMILES string of the molecule is COc1ccc(C(=O)NCC(=O)Nc2c(C)cccc2C)cc1. The zero-order chi connectivity index (χ0) is 16.8. The van der Waals surface area contributed by atoms with Crippen LogP contribution in [0.4, 0.5) is 5.69 Å². The molecule has 0 fully saturated rings. The molecule has 0 spiro atoms. The summed E-state index contributed by atoms with van der Waals surface area (Å²) in [7, 11) is 1.56. The van der Waals surface area contributed by atoms with Crippen molar-refractivity contribution in [2.75, 3.05) is 19.0 Å². The fourth-order valence-electron chi connectivity index (χ4n) is 2.20. The van der Waals surface area contributed by atoms with E-state index in [0.29, 0.717) is 11.3 Å². The van der Waals surface area contributed by atoms with E-state index in [1.807, 2.05) is 32.0 Å². The van der Waals surface area contributed by atoms with Crippen molar-refractivity contribution in [1.82, 2.24) is 5.32 Å². The van der Waals surface area contributed by atoms with Crippen molar-refractivity contribution in [2.45, 2.75) is 13.8 Å². The van der Waals surface area contributed by atoms with Crippen LogP contribution in [0.3, 0.4) is 0 Å². The predicted molar refractivity (Wildman–Crippen MR) is 89.9 cm³/mol. The standard InChI is InChI=1S/C18H20N2O3/c1-12-5-4-6-13(2)17(12)20-16(21)11-19-18(22)14-7-9-15(23-3)10-8-14/h4-10H,11H2,1-3H3,(H,19,22)(H,20,21). The monoisotopic (exact) mass is 312 g/mol. The molecule has 2 aromatic rings. The lowest BCUT2D eigenvalue weighted by Gasteiger charge is -2.12. The first-order valence-electron chi connectivity index (χ1n) is 7.29. The van der Waals surface area contributed by atoms with Gasteiger partial charge in [0.05, 0.1) is 13.7 Å². The predicted octanol–water partition coefficient (Wildman–Crippen LogP) is 2.68. The maximum absolute atomic E-state index is 12.0. The second-order valence-electron chi connectivity index (χ2n) is 5.23. The lowest BCUT2D eigenvalue weighted by atomic mass is 10.1. The molecule has 5 heteroatoms. The van der Waals surface area contributed by atoms with E-state index >= 15 is 0 Å². The van der Waals surface area contributed by atoms with Crippen molar-refractivity contribution in [3.8, 4) is 5.75 Å². The van der Waals surface area contributed by atoms with Crippen LogP contribution in [0.25, 0.3) is 0 Å². The van der Waals surface area contributed by atoms with Crippen LogP contribution in [-0.4, -0.2) is 25.5 Å². The number of hydrogen-bond donors (Lipinski definition) is 2. The molecule has 0 aromatic heterocycles. The van der Waals surface area contributed by atoms with Gasteiger partial charge >= 0.3 is 0 Å². The highest BCUT2D eigenvalue weighted by atomic mass is 16.5. The molecule has 0 heterocycles. The van der Waals surface area contributed by atoms with Gasteiger partial charge in [-0.1, -0.05) is 18.2 Å². The van der Waals surface area contributed by atoms with Crippen molar-refractivity contribution >= 4 is 17.5 Å². The molecule has 0 aliphatic carbocycles. The molecule has 0 aliphatic heterocycles. The second-order valence-corrected chi connectivity index (χ2v) is 5.23. The van der Waals surface area contributed by atoms with Crippen molar-refractivity contribution in [3.63, 3.8) is 0 Å². The van der Waals surface area contributed by atoms with Crippen LogP contribution < -0.4 is 15.4 Å². The van der Waals surface area contributed by atoms with Gasteiger partial charge in [-0.25, -0.2) is 0 Å². The first-order valence-corrected chi connectivity index (χ1v) is 7.29. The van der Waals surface area contributed by atoms with Crippen molar-refractivity contribution in [1.29, 1.82) is 0 Å². The van der Waals surface area contributed by atoms with Gasteiger partial charge in [-0.3, -0.25) is 9.59 Å². The Morgan fingerprint density at radius 2 is 1.61 bits per heavy atom. The van der Waals surface area contributed by atoms with Crippen LogP contribution in [0.15, 0.2) is 42.5 Å². The molecule has 0 saturated heterocycles. The van der Waals surface area contributed by atoms with E-state index in [-0.39, 0.29) is 18.4 Å². The van der Waals surface area contributed by atoms with E-state index < -0.39 is 0 Å². The molecule has 23 heavy (non-hydrogen) atoms. The van der Waals surface area contributed by atoms with Gasteiger partial charge in [-0.2, -0.15) is 0 Å². The van der Waals surface area contributed by atoms with Crippen LogP contribution in [0.2, 0.25) is 0 Å². The fraction of sp³-hybridized carbons (Fsp3) is 0.222. The summed E-state index contributed by atoms with van der Waals surface area (Å²) >= 11 is 0. The number of ether oxygens (including phenoxy) is 1. The number of carbonyl (C=O) groups excluding carboxylic acids is 2. The van der Waals surface area contributed by atoms with E-state index in [1.54, 1.807) is 31.4 Å². The van der Waals surface area contributed by atoms with Crippen LogP contribution in [0.1, 0.15) is 21.5 Å². The van der Waals surface area contributed by atoms with Gasteiger partial charge in [0.15, 0.2) is 0 Å². The first-order chi connectivity index (χ1) is 11.0. The first kappa shape index (κ1) is 16.5. The Labute approximate surface area is 135 Å². The van der Waals surface area contributed by atoms with Crippen molar-refractivity contribution < 1.29 is 14.3 Å². The summed E-state index contributed by atoms with van der Waals surface area (Å²) < 4.78 is 5.04. The minimum atomic E-state index is -0.302. The van der Waals surface area contributed by atoms with Crippen molar-refractivity contribution in [2.24, 2.45) is 0 Å². The molecule has 0 radical (unpaired) electrons. The Morgan fingerprint density at radius 3 is 2.17 bits per heavy atom. The molecule has 2 rings (SSSR count). The second kappa shape index (κ2) is 7.45. The quantitative estimate of drug-likeness (QED) is 0.892. The van der Waals surface area contributed by atoms with Crippen LogP contribution in [0, 0.1) is 13.8 Å². The molecular weight excluding hydrogens is 292 g/mol. The number of aryl methyl sites for hydroxylation is 2. The third-order valence-electron chi connectivity index (χ3n) is 3.51. The average molecular weight is 312 g/mol. The molecule has 2 aromatic carbocycles. The largest absolute Gasteiger partial charge is 0.497 e. The molecule has 5 nitrogen and oxygen atoms in total. The number of hydrogen-bond acceptors (Lipinski definition) is 3. The highest BCUT2D eigenvalue weighted by Gasteiger charge is 2.10. The molecule has 0 atom stereocenters. The smallest absolute Gasteiger partial charge is 0.251 e. The molecule has 120 valence electrons. The maximum atomic E-state index is 12.0. The summed E-state index contributed by atoms with van der Waals surface area (Å²) in [6.07, 6.45) is 0.